The Hall–Kier alpha value is -0.114. The third-order valence-electron chi connectivity index (χ3n) is 1.43. The summed E-state index contributed by atoms with van der Waals surface area (Å²) in [5.41, 5.74) is 0. The van der Waals surface area contributed by atoms with Gasteiger partial charge in [0.05, 0.1) is 0 Å². The number of hydrogen-bond acceptors (Lipinski definition) is 1. The summed E-state index contributed by atoms with van der Waals surface area (Å²) in [7, 11) is 0. The van der Waals surface area contributed by atoms with Crippen LogP contribution in [0.15, 0.2) is 24.3 Å². The summed E-state index contributed by atoms with van der Waals surface area (Å²) in [4.78, 5) is 11.6. The van der Waals surface area contributed by atoms with Crippen molar-refractivity contribution in [3.8, 4) is 0 Å². The fourth-order valence-electron chi connectivity index (χ4n) is 0.959. The van der Waals surface area contributed by atoms with Crippen LogP contribution in [0.5, 0.6) is 0 Å². The molecule has 0 amide bonds. The first-order valence-electron chi connectivity index (χ1n) is 4.07. The molecule has 0 fully saturated rings. The second-order valence-electron chi connectivity index (χ2n) is 3.83. The average molecular weight is 245 g/mol. The van der Waals surface area contributed by atoms with Gasteiger partial charge in [0.15, 0.2) is 0 Å². The van der Waals surface area contributed by atoms with E-state index in [1.54, 1.807) is 0 Å². The van der Waals surface area contributed by atoms with Crippen LogP contribution in [0.3, 0.4) is 0 Å². The van der Waals surface area contributed by atoms with Crippen LogP contribution in [0.4, 0.5) is 0 Å². The average Bonchev–Trinajstić information content (AvgIpc) is 2.32. The van der Waals surface area contributed by atoms with Crippen molar-refractivity contribution in [1.82, 2.24) is 0 Å². The van der Waals surface area contributed by atoms with Crippen molar-refractivity contribution in [1.29, 1.82) is 0 Å². The predicted octanol–water partition coefficient (Wildman–Crippen LogP) is 1.79. The number of carbonyl (C=O) groups excluding carboxylic acids is 1. The second kappa shape index (κ2) is 3.73. The molecule has 3 heteroatoms. The van der Waals surface area contributed by atoms with Crippen LogP contribution in [0.25, 0.3) is 0 Å². The molecule has 0 saturated heterocycles. The Morgan fingerprint density at radius 3 is 2.17 bits per heavy atom. The van der Waals surface area contributed by atoms with Crippen molar-refractivity contribution in [3.63, 3.8) is 0 Å². The van der Waals surface area contributed by atoms with E-state index >= 15 is 0 Å². The van der Waals surface area contributed by atoms with Crippen molar-refractivity contribution in [2.75, 3.05) is 0 Å². The molecule has 1 aliphatic rings. The number of rotatable bonds is 3. The summed E-state index contributed by atoms with van der Waals surface area (Å²) in [6.07, 6.45) is 7.90. The Kier molecular flexibility index (Phi) is 3.10. The van der Waals surface area contributed by atoms with Gasteiger partial charge in [-0.1, -0.05) is 0 Å². The first-order chi connectivity index (χ1) is 5.49. The number of allylic oxidation sites excluding steroid dienone is 4. The normalized spacial score (nSPS) is 17.2. The first kappa shape index (κ1) is 9.97. The zero-order valence-electron chi connectivity index (χ0n) is 7.70. The van der Waals surface area contributed by atoms with Gasteiger partial charge in [-0.15, -0.1) is 0 Å². The van der Waals surface area contributed by atoms with E-state index in [0.29, 0.717) is 4.68 Å². The maximum atomic E-state index is 11.6. The molecule has 0 radical (unpaired) electrons. The van der Waals surface area contributed by atoms with E-state index in [-0.39, 0.29) is 20.2 Å². The summed E-state index contributed by atoms with van der Waals surface area (Å²) in [6.45, 7) is 5.63. The van der Waals surface area contributed by atoms with Crippen molar-refractivity contribution in [3.05, 3.63) is 24.3 Å². The summed E-state index contributed by atoms with van der Waals surface area (Å²) in [5, 5.41) is 0. The van der Waals surface area contributed by atoms with Crippen LogP contribution in [0.2, 0.25) is 19.6 Å². The maximum absolute atomic E-state index is 11.6. The van der Waals surface area contributed by atoms with E-state index in [1.807, 2.05) is 24.3 Å². The van der Waals surface area contributed by atoms with Gasteiger partial charge in [0.1, 0.15) is 0 Å². The van der Waals surface area contributed by atoms with Crippen LogP contribution in [0.1, 0.15) is 0 Å². The van der Waals surface area contributed by atoms with Crippen LogP contribution >= 0.6 is 0 Å². The van der Waals surface area contributed by atoms with Gasteiger partial charge in [0, 0.05) is 0 Å². The van der Waals surface area contributed by atoms with Gasteiger partial charge >= 0.3 is 80.3 Å². The van der Waals surface area contributed by atoms with Gasteiger partial charge in [0.25, 0.3) is 0 Å². The monoisotopic (exact) mass is 246 g/mol. The van der Waals surface area contributed by atoms with Crippen molar-refractivity contribution in [2.24, 2.45) is 5.92 Å². The molecule has 66 valence electrons. The molecule has 0 aromatic heterocycles. The van der Waals surface area contributed by atoms with Gasteiger partial charge in [-0.2, -0.15) is 0 Å². The van der Waals surface area contributed by atoms with Crippen LogP contribution in [-0.2, 0) is 4.79 Å². The van der Waals surface area contributed by atoms with E-state index < -0.39 is 6.68 Å². The molecule has 0 unspecified atom stereocenters. The van der Waals surface area contributed by atoms with Gasteiger partial charge in [-0.05, 0) is 0 Å². The van der Waals surface area contributed by atoms with E-state index in [9.17, 15) is 4.79 Å². The van der Waals surface area contributed by atoms with Gasteiger partial charge in [-0.25, -0.2) is 0 Å². The molecule has 0 bridgehead atoms. The number of carbonyl (C=O) groups is 1. The molecule has 0 aliphatic heterocycles. The van der Waals surface area contributed by atoms with E-state index in [2.05, 4.69) is 19.6 Å². The van der Waals surface area contributed by atoms with Crippen LogP contribution in [-0.4, -0.2) is 25.7 Å². The quantitative estimate of drug-likeness (QED) is 0.693. The zero-order valence-corrected chi connectivity index (χ0v) is 10.4. The standard InChI is InChI=1S/C9H14OSeSi/c1-12(2,3)11-9(10)8-6-4-5-7-8/h4-8H,1-3H3. The topological polar surface area (TPSA) is 17.1 Å². The molecule has 1 nitrogen and oxygen atoms in total. The van der Waals surface area contributed by atoms with E-state index in [4.69, 9.17) is 0 Å². The van der Waals surface area contributed by atoms with Gasteiger partial charge < -0.3 is 0 Å². The number of hydrogen-bond donors (Lipinski definition) is 0. The Bertz CT molecular complexity index is 225. The molecule has 1 rings (SSSR count). The molecule has 0 spiro atoms. The van der Waals surface area contributed by atoms with Crippen LogP contribution in [0, 0.1) is 5.92 Å². The third kappa shape index (κ3) is 3.09. The first-order valence-corrected chi connectivity index (χ1v) is 10.9. The van der Waals surface area contributed by atoms with Crippen molar-refractivity contribution >= 4 is 25.7 Å². The molecule has 12 heavy (non-hydrogen) atoms. The molecule has 0 atom stereocenters. The SMILES string of the molecule is C[Si](C)(C)[Se]C(=O)C1C=CC=C1. The summed E-state index contributed by atoms with van der Waals surface area (Å²) >= 11 is 0.233. The van der Waals surface area contributed by atoms with Crippen molar-refractivity contribution < 1.29 is 4.79 Å². The molecule has 0 heterocycles. The Balaban J connectivity index is 2.49. The molecule has 0 aromatic carbocycles. The van der Waals surface area contributed by atoms with Crippen molar-refractivity contribution in [2.45, 2.75) is 19.6 Å². The van der Waals surface area contributed by atoms with E-state index in [0.717, 1.165) is 0 Å². The molecule has 0 aromatic rings. The Labute approximate surface area is 80.5 Å². The minimum absolute atomic E-state index is 0.108. The summed E-state index contributed by atoms with van der Waals surface area (Å²) < 4.78 is 0.451. The molecular weight excluding hydrogens is 231 g/mol. The van der Waals surface area contributed by atoms with Gasteiger partial charge in [-0.3, -0.25) is 0 Å². The van der Waals surface area contributed by atoms with Gasteiger partial charge in [0.2, 0.25) is 0 Å². The Morgan fingerprint density at radius 2 is 1.75 bits per heavy atom. The molecule has 1 aliphatic carbocycles. The fraction of sp³-hybridized carbons (Fsp3) is 0.444. The van der Waals surface area contributed by atoms with E-state index in [1.165, 1.54) is 0 Å². The second-order valence-corrected chi connectivity index (χ2v) is 18.1. The third-order valence-corrected chi connectivity index (χ3v) is 7.93. The molecule has 0 N–H and O–H groups in total. The summed E-state index contributed by atoms with van der Waals surface area (Å²) in [6, 6.07) is 0. The predicted molar refractivity (Wildman–Crippen MR) is 55.9 cm³/mol. The minimum atomic E-state index is -1.14. The Morgan fingerprint density at radius 1 is 1.25 bits per heavy atom. The molecular formula is C9H14OSeSi. The zero-order chi connectivity index (χ0) is 9.19. The molecule has 0 saturated carbocycles. The van der Waals surface area contributed by atoms with Crippen LogP contribution < -0.4 is 0 Å². The summed E-state index contributed by atoms with van der Waals surface area (Å²) in [5.74, 6) is 0.108. The fourth-order valence-corrected chi connectivity index (χ4v) is 6.68.